The van der Waals surface area contributed by atoms with Crippen molar-refractivity contribution in [2.24, 2.45) is 5.92 Å². The highest BCUT2D eigenvalue weighted by Gasteiger charge is 2.54. The third-order valence-corrected chi connectivity index (χ3v) is 9.24. The Bertz CT molecular complexity index is 513. The van der Waals surface area contributed by atoms with Crippen molar-refractivity contribution in [3.63, 3.8) is 0 Å². The standard InChI is InChI=1S/C16H29NO6Si/c1-10(23-24(7,8)16(4,5)6)13-14(20)17(9-21-11(2)18)15(13)22-12(3)19/h10,13,15H,9H2,1-8H3/t10?,13-,15+/m0/s1. The summed E-state index contributed by atoms with van der Waals surface area (Å²) in [5, 5.41) is 0.00239. The van der Waals surface area contributed by atoms with Crippen LogP contribution in [0.25, 0.3) is 0 Å². The summed E-state index contributed by atoms with van der Waals surface area (Å²) in [6, 6.07) is 0. The van der Waals surface area contributed by atoms with E-state index < -0.39 is 38.5 Å². The van der Waals surface area contributed by atoms with Crippen LogP contribution in [0.3, 0.4) is 0 Å². The lowest BCUT2D eigenvalue weighted by molar-refractivity contribution is -0.217. The Morgan fingerprint density at radius 1 is 1.21 bits per heavy atom. The molecule has 1 unspecified atom stereocenters. The lowest BCUT2D eigenvalue weighted by atomic mass is 9.91. The third kappa shape index (κ3) is 4.57. The SMILES string of the molecule is CC(=O)OCN1C(=O)[C@H](C(C)O[Si](C)(C)C(C)(C)C)[C@H]1OC(C)=O. The summed E-state index contributed by atoms with van der Waals surface area (Å²) < 4.78 is 16.4. The maximum Gasteiger partial charge on any atom is 0.304 e. The smallest absolute Gasteiger partial charge is 0.304 e. The Hall–Kier alpha value is -1.41. The summed E-state index contributed by atoms with van der Waals surface area (Å²) >= 11 is 0. The van der Waals surface area contributed by atoms with Crippen LogP contribution in [0.4, 0.5) is 0 Å². The van der Waals surface area contributed by atoms with Crippen LogP contribution >= 0.6 is 0 Å². The zero-order valence-electron chi connectivity index (χ0n) is 15.8. The number of esters is 2. The van der Waals surface area contributed by atoms with E-state index in [1.54, 1.807) is 0 Å². The minimum absolute atomic E-state index is 0.00239. The summed E-state index contributed by atoms with van der Waals surface area (Å²) in [6.07, 6.45) is -1.16. The van der Waals surface area contributed by atoms with E-state index in [9.17, 15) is 14.4 Å². The number of carbonyl (C=O) groups excluding carboxylic acids is 3. The van der Waals surface area contributed by atoms with Gasteiger partial charge in [-0.05, 0) is 25.1 Å². The van der Waals surface area contributed by atoms with Crippen LogP contribution in [-0.2, 0) is 28.3 Å². The molecule has 1 rings (SSSR count). The number of carbonyl (C=O) groups is 3. The fourth-order valence-electron chi connectivity index (χ4n) is 2.30. The molecule has 0 N–H and O–H groups in total. The summed E-state index contributed by atoms with van der Waals surface area (Å²) in [6.45, 7) is 14.7. The average molecular weight is 359 g/mol. The number of likely N-dealkylation sites (tertiary alicyclic amines) is 1. The minimum atomic E-state index is -2.07. The fourth-order valence-corrected chi connectivity index (χ4v) is 3.73. The molecule has 0 aromatic heterocycles. The molecule has 24 heavy (non-hydrogen) atoms. The van der Waals surface area contributed by atoms with Crippen LogP contribution in [0, 0.1) is 5.92 Å². The molecule has 0 aromatic carbocycles. The summed E-state index contributed by atoms with van der Waals surface area (Å²) in [5.74, 6) is -1.82. The fraction of sp³-hybridized carbons (Fsp3) is 0.812. The van der Waals surface area contributed by atoms with Gasteiger partial charge in [0, 0.05) is 13.8 Å². The highest BCUT2D eigenvalue weighted by atomic mass is 28.4. The first-order valence-electron chi connectivity index (χ1n) is 8.07. The Morgan fingerprint density at radius 3 is 2.17 bits per heavy atom. The monoisotopic (exact) mass is 359 g/mol. The molecular formula is C16H29NO6Si. The van der Waals surface area contributed by atoms with Crippen molar-refractivity contribution in [2.45, 2.75) is 72.0 Å². The van der Waals surface area contributed by atoms with Gasteiger partial charge in [0.05, 0.1) is 6.10 Å². The number of β-lactam (4-membered cyclic amide) rings is 1. The molecule has 0 aliphatic carbocycles. The second-order valence-corrected chi connectivity index (χ2v) is 12.4. The second-order valence-electron chi connectivity index (χ2n) is 7.68. The first-order chi connectivity index (χ1) is 10.8. The lowest BCUT2D eigenvalue weighted by Gasteiger charge is -2.49. The van der Waals surface area contributed by atoms with Crippen molar-refractivity contribution in [1.29, 1.82) is 0 Å². The average Bonchev–Trinajstić information content (AvgIpc) is 2.35. The Morgan fingerprint density at radius 2 is 1.75 bits per heavy atom. The highest BCUT2D eigenvalue weighted by Crippen LogP contribution is 2.40. The van der Waals surface area contributed by atoms with E-state index in [1.807, 2.05) is 6.92 Å². The first kappa shape index (κ1) is 20.6. The first-order valence-corrected chi connectivity index (χ1v) is 11.0. The van der Waals surface area contributed by atoms with Gasteiger partial charge >= 0.3 is 11.9 Å². The molecule has 8 heteroatoms. The third-order valence-electron chi connectivity index (χ3n) is 4.67. The predicted octanol–water partition coefficient (Wildman–Crippen LogP) is 2.26. The van der Waals surface area contributed by atoms with Gasteiger partial charge in [-0.15, -0.1) is 0 Å². The van der Waals surface area contributed by atoms with Gasteiger partial charge in [0.15, 0.2) is 21.3 Å². The number of nitrogens with zero attached hydrogens (tertiary/aromatic N) is 1. The molecule has 1 heterocycles. The van der Waals surface area contributed by atoms with Crippen molar-refractivity contribution in [3.8, 4) is 0 Å². The zero-order valence-corrected chi connectivity index (χ0v) is 16.8. The van der Waals surface area contributed by atoms with Crippen LogP contribution in [0.2, 0.25) is 18.1 Å². The molecule has 138 valence electrons. The molecule has 0 spiro atoms. The molecule has 1 saturated heterocycles. The van der Waals surface area contributed by atoms with Gasteiger partial charge in [0.25, 0.3) is 0 Å². The van der Waals surface area contributed by atoms with E-state index in [-0.39, 0.29) is 17.7 Å². The normalized spacial score (nSPS) is 22.7. The predicted molar refractivity (Wildman–Crippen MR) is 90.3 cm³/mol. The number of amides is 1. The van der Waals surface area contributed by atoms with E-state index in [0.717, 1.165) is 0 Å². The van der Waals surface area contributed by atoms with E-state index in [1.165, 1.54) is 18.7 Å². The second kappa shape index (κ2) is 7.22. The van der Waals surface area contributed by atoms with E-state index in [0.29, 0.717) is 0 Å². The Balaban J connectivity index is 2.86. The van der Waals surface area contributed by atoms with Crippen molar-refractivity contribution in [3.05, 3.63) is 0 Å². The number of rotatable bonds is 6. The molecule has 1 aliphatic heterocycles. The van der Waals surface area contributed by atoms with Gasteiger partial charge < -0.3 is 13.9 Å². The molecule has 3 atom stereocenters. The van der Waals surface area contributed by atoms with Crippen LogP contribution < -0.4 is 0 Å². The van der Waals surface area contributed by atoms with Crippen molar-refractivity contribution in [2.75, 3.05) is 6.73 Å². The minimum Gasteiger partial charge on any atom is -0.444 e. The van der Waals surface area contributed by atoms with Crippen LogP contribution in [0.15, 0.2) is 0 Å². The molecule has 1 amide bonds. The van der Waals surface area contributed by atoms with Crippen LogP contribution in [-0.4, -0.2) is 50.1 Å². The Labute approximate surface area is 144 Å². The molecule has 1 aliphatic rings. The molecule has 0 bridgehead atoms. The van der Waals surface area contributed by atoms with Crippen molar-refractivity contribution >= 4 is 26.2 Å². The van der Waals surface area contributed by atoms with E-state index in [4.69, 9.17) is 13.9 Å². The molecule has 0 saturated carbocycles. The highest BCUT2D eigenvalue weighted by molar-refractivity contribution is 6.74. The largest absolute Gasteiger partial charge is 0.444 e. The van der Waals surface area contributed by atoms with E-state index >= 15 is 0 Å². The molecule has 7 nitrogen and oxygen atoms in total. The summed E-state index contributed by atoms with van der Waals surface area (Å²) in [7, 11) is -2.07. The maximum atomic E-state index is 12.4. The lowest BCUT2D eigenvalue weighted by Crippen LogP contribution is -2.67. The van der Waals surface area contributed by atoms with Crippen LogP contribution in [0.1, 0.15) is 41.5 Å². The number of hydrogen-bond donors (Lipinski definition) is 0. The maximum absolute atomic E-state index is 12.4. The molecular weight excluding hydrogens is 330 g/mol. The molecule has 1 fully saturated rings. The van der Waals surface area contributed by atoms with Crippen molar-refractivity contribution < 1.29 is 28.3 Å². The van der Waals surface area contributed by atoms with Gasteiger partial charge in [-0.3, -0.25) is 19.3 Å². The summed E-state index contributed by atoms with van der Waals surface area (Å²) in [5.41, 5.74) is 0. The summed E-state index contributed by atoms with van der Waals surface area (Å²) in [4.78, 5) is 36.0. The molecule has 0 aromatic rings. The van der Waals surface area contributed by atoms with Gasteiger partial charge in [0.1, 0.15) is 5.92 Å². The number of ether oxygens (including phenoxy) is 2. The van der Waals surface area contributed by atoms with Crippen molar-refractivity contribution in [1.82, 2.24) is 4.90 Å². The van der Waals surface area contributed by atoms with Gasteiger partial charge in [0.2, 0.25) is 5.91 Å². The van der Waals surface area contributed by atoms with Gasteiger partial charge in [-0.25, -0.2) is 0 Å². The van der Waals surface area contributed by atoms with Gasteiger partial charge in [-0.2, -0.15) is 0 Å². The molecule has 0 radical (unpaired) electrons. The topological polar surface area (TPSA) is 82.1 Å². The van der Waals surface area contributed by atoms with Crippen LogP contribution in [0.5, 0.6) is 0 Å². The quantitative estimate of drug-likeness (QED) is 0.411. The van der Waals surface area contributed by atoms with E-state index in [2.05, 4.69) is 33.9 Å². The number of hydrogen-bond acceptors (Lipinski definition) is 6. The Kier molecular flexibility index (Phi) is 6.21. The zero-order chi connectivity index (χ0) is 18.9. The van der Waals surface area contributed by atoms with Gasteiger partial charge in [-0.1, -0.05) is 20.8 Å².